The summed E-state index contributed by atoms with van der Waals surface area (Å²) >= 11 is 1.39. The van der Waals surface area contributed by atoms with E-state index >= 15 is 0 Å². The van der Waals surface area contributed by atoms with Crippen molar-refractivity contribution in [3.63, 3.8) is 0 Å². The summed E-state index contributed by atoms with van der Waals surface area (Å²) in [6.07, 6.45) is 5.09. The van der Waals surface area contributed by atoms with E-state index in [-0.39, 0.29) is 18.6 Å². The molecule has 1 aromatic carbocycles. The zero-order valence-electron chi connectivity index (χ0n) is 12.9. The van der Waals surface area contributed by atoms with Crippen molar-refractivity contribution in [2.24, 2.45) is 0 Å². The number of benzene rings is 1. The highest BCUT2D eigenvalue weighted by atomic mass is 32.1. The first-order chi connectivity index (χ1) is 11.2. The van der Waals surface area contributed by atoms with Crippen molar-refractivity contribution in [2.75, 3.05) is 6.61 Å². The van der Waals surface area contributed by atoms with Crippen molar-refractivity contribution >= 4 is 28.1 Å². The van der Waals surface area contributed by atoms with E-state index in [1.54, 1.807) is 6.20 Å². The SMILES string of the molecule is CCc1cnc(C(=O)N[C@@H](CO)Cc2c[nH]c3ccccc23)s1. The number of aromatic amines is 1. The molecular formula is C17H19N3O2S. The van der Waals surface area contributed by atoms with Crippen LogP contribution < -0.4 is 5.32 Å². The van der Waals surface area contributed by atoms with Gasteiger partial charge in [0.05, 0.1) is 12.6 Å². The molecule has 1 atom stereocenters. The molecule has 0 aliphatic rings. The molecule has 0 saturated carbocycles. The average molecular weight is 329 g/mol. The number of aliphatic hydroxyl groups is 1. The van der Waals surface area contributed by atoms with Gasteiger partial charge in [0.15, 0.2) is 5.01 Å². The molecule has 0 radical (unpaired) electrons. The molecule has 0 aliphatic heterocycles. The summed E-state index contributed by atoms with van der Waals surface area (Å²) in [6, 6.07) is 7.66. The molecule has 1 amide bonds. The Labute approximate surface area is 138 Å². The second kappa shape index (κ2) is 6.93. The smallest absolute Gasteiger partial charge is 0.280 e. The molecule has 3 rings (SSSR count). The molecule has 6 heteroatoms. The van der Waals surface area contributed by atoms with Crippen LogP contribution in [0, 0.1) is 0 Å². The molecular weight excluding hydrogens is 310 g/mol. The van der Waals surface area contributed by atoms with Gasteiger partial charge in [0.25, 0.3) is 5.91 Å². The minimum Gasteiger partial charge on any atom is -0.394 e. The Morgan fingerprint density at radius 2 is 2.26 bits per heavy atom. The minimum atomic E-state index is -0.337. The third kappa shape index (κ3) is 3.43. The molecule has 3 aromatic rings. The molecule has 0 unspecified atom stereocenters. The van der Waals surface area contributed by atoms with Crippen molar-refractivity contribution in [2.45, 2.75) is 25.8 Å². The van der Waals surface area contributed by atoms with Crippen LogP contribution in [0.3, 0.4) is 0 Å². The number of aromatic nitrogens is 2. The lowest BCUT2D eigenvalue weighted by atomic mass is 10.1. The predicted octanol–water partition coefficient (Wildman–Crippen LogP) is 2.52. The van der Waals surface area contributed by atoms with Crippen LogP contribution >= 0.6 is 11.3 Å². The number of carbonyl (C=O) groups is 1. The number of aliphatic hydroxyl groups excluding tert-OH is 1. The van der Waals surface area contributed by atoms with Gasteiger partial charge in [0.1, 0.15) is 0 Å². The molecule has 0 fully saturated rings. The summed E-state index contributed by atoms with van der Waals surface area (Å²) in [6.45, 7) is 1.92. The molecule has 0 saturated heterocycles. The first-order valence-corrected chi connectivity index (χ1v) is 8.44. The van der Waals surface area contributed by atoms with Crippen LogP contribution in [0.4, 0.5) is 0 Å². The maximum absolute atomic E-state index is 12.3. The van der Waals surface area contributed by atoms with Gasteiger partial charge in [-0.25, -0.2) is 4.98 Å². The number of hydrogen-bond acceptors (Lipinski definition) is 4. The van der Waals surface area contributed by atoms with Crippen molar-refractivity contribution in [3.05, 3.63) is 52.1 Å². The van der Waals surface area contributed by atoms with Gasteiger partial charge >= 0.3 is 0 Å². The van der Waals surface area contributed by atoms with Crippen molar-refractivity contribution in [1.29, 1.82) is 0 Å². The highest BCUT2D eigenvalue weighted by Gasteiger charge is 2.17. The Kier molecular flexibility index (Phi) is 4.73. The largest absolute Gasteiger partial charge is 0.394 e. The van der Waals surface area contributed by atoms with Gasteiger partial charge in [-0.2, -0.15) is 0 Å². The fourth-order valence-electron chi connectivity index (χ4n) is 2.55. The Morgan fingerprint density at radius 1 is 1.43 bits per heavy atom. The van der Waals surface area contributed by atoms with Crippen LogP contribution in [0.15, 0.2) is 36.7 Å². The second-order valence-corrected chi connectivity index (χ2v) is 6.52. The highest BCUT2D eigenvalue weighted by molar-refractivity contribution is 7.13. The van der Waals surface area contributed by atoms with Crippen LogP contribution in [0.1, 0.15) is 27.2 Å². The van der Waals surface area contributed by atoms with Crippen molar-refractivity contribution < 1.29 is 9.90 Å². The molecule has 23 heavy (non-hydrogen) atoms. The number of hydrogen-bond donors (Lipinski definition) is 3. The lowest BCUT2D eigenvalue weighted by Crippen LogP contribution is -2.39. The van der Waals surface area contributed by atoms with Crippen molar-refractivity contribution in [1.82, 2.24) is 15.3 Å². The van der Waals surface area contributed by atoms with Crippen molar-refractivity contribution in [3.8, 4) is 0 Å². The van der Waals surface area contributed by atoms with E-state index in [2.05, 4.69) is 15.3 Å². The number of thiazole rings is 1. The fourth-order valence-corrected chi connectivity index (χ4v) is 3.31. The topological polar surface area (TPSA) is 78.0 Å². The maximum Gasteiger partial charge on any atom is 0.280 e. The monoisotopic (exact) mass is 329 g/mol. The Morgan fingerprint density at radius 3 is 3.00 bits per heavy atom. The number of fused-ring (bicyclic) bond motifs is 1. The molecule has 0 aliphatic carbocycles. The second-order valence-electron chi connectivity index (χ2n) is 5.40. The summed E-state index contributed by atoms with van der Waals surface area (Å²) in [5.41, 5.74) is 2.13. The third-order valence-electron chi connectivity index (χ3n) is 3.79. The van der Waals surface area contributed by atoms with Gasteiger partial charge in [-0.05, 0) is 24.5 Å². The normalized spacial score (nSPS) is 12.4. The quantitative estimate of drug-likeness (QED) is 0.650. The summed E-state index contributed by atoms with van der Waals surface area (Å²) in [5.74, 6) is -0.228. The minimum absolute atomic E-state index is 0.114. The van der Waals surface area contributed by atoms with Gasteiger partial charge in [0.2, 0.25) is 0 Å². The Hall–Kier alpha value is -2.18. The van der Waals surface area contributed by atoms with Gasteiger partial charge in [-0.1, -0.05) is 25.1 Å². The molecule has 5 nitrogen and oxygen atoms in total. The molecule has 0 bridgehead atoms. The van der Waals surface area contributed by atoms with Crippen LogP contribution in [0.5, 0.6) is 0 Å². The number of H-pyrrole nitrogens is 1. The summed E-state index contributed by atoms with van der Waals surface area (Å²) in [7, 11) is 0. The third-order valence-corrected chi connectivity index (χ3v) is 4.93. The summed E-state index contributed by atoms with van der Waals surface area (Å²) in [4.78, 5) is 20.7. The number of rotatable bonds is 6. The number of para-hydroxylation sites is 1. The van der Waals surface area contributed by atoms with Crippen LogP contribution in [0.25, 0.3) is 10.9 Å². The number of carbonyl (C=O) groups excluding carboxylic acids is 1. The van der Waals surface area contributed by atoms with Gasteiger partial charge in [-0.15, -0.1) is 11.3 Å². The Bertz CT molecular complexity index is 809. The van der Waals surface area contributed by atoms with Gasteiger partial charge < -0.3 is 15.4 Å². The Balaban J connectivity index is 1.71. The van der Waals surface area contributed by atoms with E-state index in [0.29, 0.717) is 11.4 Å². The maximum atomic E-state index is 12.3. The fraction of sp³-hybridized carbons (Fsp3) is 0.294. The zero-order chi connectivity index (χ0) is 16.2. The van der Waals surface area contributed by atoms with E-state index < -0.39 is 0 Å². The lowest BCUT2D eigenvalue weighted by molar-refractivity contribution is 0.0916. The van der Waals surface area contributed by atoms with E-state index in [0.717, 1.165) is 27.8 Å². The van der Waals surface area contributed by atoms with E-state index in [1.807, 2.05) is 37.4 Å². The molecule has 120 valence electrons. The van der Waals surface area contributed by atoms with E-state index in [1.165, 1.54) is 11.3 Å². The molecule has 2 heterocycles. The van der Waals surface area contributed by atoms with Gasteiger partial charge in [-0.3, -0.25) is 4.79 Å². The first kappa shape index (κ1) is 15.7. The van der Waals surface area contributed by atoms with Crippen LogP contribution in [-0.4, -0.2) is 33.6 Å². The number of aryl methyl sites for hydroxylation is 1. The van der Waals surface area contributed by atoms with Crippen LogP contribution in [-0.2, 0) is 12.8 Å². The number of amides is 1. The summed E-state index contributed by atoms with van der Waals surface area (Å²) < 4.78 is 0. The zero-order valence-corrected chi connectivity index (χ0v) is 13.7. The standard InChI is InChI=1S/C17H19N3O2S/c1-2-13-9-19-17(23-13)16(22)20-12(10-21)7-11-8-18-15-6-4-3-5-14(11)15/h3-6,8-9,12,18,21H,2,7,10H2,1H3,(H,20,22)/t12-/m1/s1. The van der Waals surface area contributed by atoms with E-state index in [4.69, 9.17) is 0 Å². The highest BCUT2D eigenvalue weighted by Crippen LogP contribution is 2.19. The number of nitrogens with one attached hydrogen (secondary N) is 2. The molecule has 2 aromatic heterocycles. The van der Waals surface area contributed by atoms with Gasteiger partial charge in [0, 0.05) is 28.2 Å². The molecule has 0 spiro atoms. The summed E-state index contributed by atoms with van der Waals surface area (Å²) in [5, 5.41) is 14.0. The average Bonchev–Trinajstić information content (AvgIpc) is 3.21. The lowest BCUT2D eigenvalue weighted by Gasteiger charge is -2.15. The predicted molar refractivity (Wildman–Crippen MR) is 91.8 cm³/mol. The van der Waals surface area contributed by atoms with E-state index in [9.17, 15) is 9.90 Å². The van der Waals surface area contributed by atoms with Crippen LogP contribution in [0.2, 0.25) is 0 Å². The first-order valence-electron chi connectivity index (χ1n) is 7.62. The number of nitrogens with zero attached hydrogens (tertiary/aromatic N) is 1. The molecule has 3 N–H and O–H groups in total.